The molecule has 0 unspecified atom stereocenters. The fourth-order valence-corrected chi connectivity index (χ4v) is 3.39. The molecule has 1 aromatic carbocycles. The SMILES string of the molecule is Cc1cc(C)c(C(=O)Nc2ccc(Cl)cc2)c(SCC(=O)OC(C)C)n1. The largest absolute Gasteiger partial charge is 0.462 e. The number of aromatic nitrogens is 1. The molecular weight excluding hydrogens is 372 g/mol. The number of carbonyl (C=O) groups excluding carboxylic acids is 2. The summed E-state index contributed by atoms with van der Waals surface area (Å²) in [6.45, 7) is 7.29. The number of ether oxygens (including phenoxy) is 1. The van der Waals surface area contributed by atoms with E-state index in [4.69, 9.17) is 16.3 Å². The maximum atomic E-state index is 12.8. The van der Waals surface area contributed by atoms with Gasteiger partial charge in [-0.15, -0.1) is 0 Å². The molecule has 1 aromatic heterocycles. The number of amides is 1. The Balaban J connectivity index is 2.21. The number of nitrogens with zero attached hydrogens (tertiary/aromatic N) is 1. The predicted molar refractivity (Wildman–Crippen MR) is 105 cm³/mol. The molecule has 0 radical (unpaired) electrons. The molecule has 0 aliphatic rings. The van der Waals surface area contributed by atoms with Gasteiger partial charge in [0.25, 0.3) is 5.91 Å². The molecule has 0 saturated carbocycles. The number of halogens is 1. The molecule has 0 aliphatic carbocycles. The van der Waals surface area contributed by atoms with Crippen LogP contribution in [-0.4, -0.2) is 28.7 Å². The standard InChI is InChI=1S/C19H21ClN2O3S/c1-11(2)25-16(23)10-26-19-17(12(3)9-13(4)21-19)18(24)22-15-7-5-14(20)6-8-15/h5-9,11H,10H2,1-4H3,(H,22,24). The van der Waals surface area contributed by atoms with Crippen LogP contribution in [0.4, 0.5) is 5.69 Å². The summed E-state index contributed by atoms with van der Waals surface area (Å²) in [7, 11) is 0. The fraction of sp³-hybridized carbons (Fsp3) is 0.316. The van der Waals surface area contributed by atoms with Crippen LogP contribution in [0.3, 0.4) is 0 Å². The molecule has 1 amide bonds. The second-order valence-electron chi connectivity index (χ2n) is 6.05. The van der Waals surface area contributed by atoms with E-state index in [0.29, 0.717) is 21.3 Å². The highest BCUT2D eigenvalue weighted by Crippen LogP contribution is 2.26. The number of benzene rings is 1. The normalized spacial score (nSPS) is 10.7. The quantitative estimate of drug-likeness (QED) is 0.572. The molecule has 5 nitrogen and oxygen atoms in total. The minimum Gasteiger partial charge on any atom is -0.462 e. The van der Waals surface area contributed by atoms with Crippen molar-refractivity contribution in [3.63, 3.8) is 0 Å². The zero-order valence-electron chi connectivity index (χ0n) is 15.1. The van der Waals surface area contributed by atoms with Gasteiger partial charge in [0.15, 0.2) is 0 Å². The molecule has 0 fully saturated rings. The van der Waals surface area contributed by atoms with Gasteiger partial charge in [-0.2, -0.15) is 0 Å². The highest BCUT2D eigenvalue weighted by molar-refractivity contribution is 8.00. The number of thioether (sulfide) groups is 1. The Morgan fingerprint density at radius 1 is 1.23 bits per heavy atom. The summed E-state index contributed by atoms with van der Waals surface area (Å²) in [5.41, 5.74) is 2.66. The monoisotopic (exact) mass is 392 g/mol. The number of rotatable bonds is 6. The topological polar surface area (TPSA) is 68.3 Å². The number of hydrogen-bond acceptors (Lipinski definition) is 5. The van der Waals surface area contributed by atoms with Gasteiger partial charge < -0.3 is 10.1 Å². The van der Waals surface area contributed by atoms with E-state index in [1.54, 1.807) is 38.1 Å². The highest BCUT2D eigenvalue weighted by Gasteiger charge is 2.19. The van der Waals surface area contributed by atoms with Gasteiger partial charge in [0.2, 0.25) is 0 Å². The van der Waals surface area contributed by atoms with E-state index in [-0.39, 0.29) is 23.7 Å². The summed E-state index contributed by atoms with van der Waals surface area (Å²) in [5.74, 6) is -0.526. The van der Waals surface area contributed by atoms with Crippen molar-refractivity contribution in [2.24, 2.45) is 0 Å². The van der Waals surface area contributed by atoms with Crippen molar-refractivity contribution in [2.75, 3.05) is 11.1 Å². The van der Waals surface area contributed by atoms with Crippen molar-refractivity contribution < 1.29 is 14.3 Å². The molecule has 1 heterocycles. The minimum absolute atomic E-state index is 0.0926. The van der Waals surface area contributed by atoms with E-state index < -0.39 is 0 Å². The first kappa shape index (κ1) is 20.3. The third-order valence-electron chi connectivity index (χ3n) is 3.33. The smallest absolute Gasteiger partial charge is 0.316 e. The van der Waals surface area contributed by atoms with E-state index >= 15 is 0 Å². The van der Waals surface area contributed by atoms with Gasteiger partial charge in [0.1, 0.15) is 5.03 Å². The third-order valence-corrected chi connectivity index (χ3v) is 4.54. The van der Waals surface area contributed by atoms with Crippen LogP contribution in [0.15, 0.2) is 35.4 Å². The van der Waals surface area contributed by atoms with Crippen molar-refractivity contribution in [1.29, 1.82) is 0 Å². The van der Waals surface area contributed by atoms with Crippen LogP contribution >= 0.6 is 23.4 Å². The van der Waals surface area contributed by atoms with Gasteiger partial charge in [-0.3, -0.25) is 9.59 Å². The Labute approximate surface area is 162 Å². The molecule has 0 saturated heterocycles. The van der Waals surface area contributed by atoms with Crippen LogP contribution in [0.5, 0.6) is 0 Å². The minimum atomic E-state index is -0.338. The van der Waals surface area contributed by atoms with E-state index in [9.17, 15) is 9.59 Å². The number of aryl methyl sites for hydroxylation is 2. The van der Waals surface area contributed by atoms with Gasteiger partial charge in [-0.25, -0.2) is 4.98 Å². The zero-order chi connectivity index (χ0) is 19.3. The van der Waals surface area contributed by atoms with Crippen molar-refractivity contribution in [1.82, 2.24) is 4.98 Å². The van der Waals surface area contributed by atoms with Crippen LogP contribution in [0.2, 0.25) is 5.02 Å². The summed E-state index contributed by atoms with van der Waals surface area (Å²) >= 11 is 7.07. The number of esters is 1. The summed E-state index contributed by atoms with van der Waals surface area (Å²) in [5, 5.41) is 3.94. The van der Waals surface area contributed by atoms with Crippen LogP contribution in [-0.2, 0) is 9.53 Å². The molecule has 0 bridgehead atoms. The molecular formula is C19H21ClN2O3S. The van der Waals surface area contributed by atoms with Gasteiger partial charge in [-0.05, 0) is 63.6 Å². The van der Waals surface area contributed by atoms with Crippen LogP contribution in [0.25, 0.3) is 0 Å². The molecule has 2 rings (SSSR count). The van der Waals surface area contributed by atoms with Crippen molar-refractivity contribution in [3.8, 4) is 0 Å². The van der Waals surface area contributed by atoms with Gasteiger partial charge in [0, 0.05) is 16.4 Å². The van der Waals surface area contributed by atoms with Crippen molar-refractivity contribution in [3.05, 3.63) is 52.2 Å². The second-order valence-corrected chi connectivity index (χ2v) is 7.45. The molecule has 1 N–H and O–H groups in total. The highest BCUT2D eigenvalue weighted by atomic mass is 35.5. The van der Waals surface area contributed by atoms with Crippen LogP contribution in [0.1, 0.15) is 35.5 Å². The van der Waals surface area contributed by atoms with E-state index in [2.05, 4.69) is 10.3 Å². The summed E-state index contributed by atoms with van der Waals surface area (Å²) < 4.78 is 5.14. The Bertz CT molecular complexity index is 807. The number of hydrogen-bond donors (Lipinski definition) is 1. The van der Waals surface area contributed by atoms with E-state index in [1.807, 2.05) is 19.9 Å². The molecule has 7 heteroatoms. The summed E-state index contributed by atoms with van der Waals surface area (Å²) in [6.07, 6.45) is -0.178. The number of pyridine rings is 1. The predicted octanol–water partition coefficient (Wildman–Crippen LogP) is 4.65. The van der Waals surface area contributed by atoms with Crippen molar-refractivity contribution >= 4 is 40.9 Å². The molecule has 2 aromatic rings. The zero-order valence-corrected chi connectivity index (χ0v) is 16.7. The lowest BCUT2D eigenvalue weighted by atomic mass is 10.1. The lowest BCUT2D eigenvalue weighted by Gasteiger charge is -2.13. The number of carbonyl (C=O) groups is 2. The maximum Gasteiger partial charge on any atom is 0.316 e. The van der Waals surface area contributed by atoms with Crippen LogP contribution < -0.4 is 5.32 Å². The Morgan fingerprint density at radius 3 is 2.50 bits per heavy atom. The third kappa shape index (κ3) is 5.75. The first-order chi connectivity index (χ1) is 12.3. The average molecular weight is 393 g/mol. The lowest BCUT2D eigenvalue weighted by Crippen LogP contribution is -2.17. The summed E-state index contributed by atoms with van der Waals surface area (Å²) in [4.78, 5) is 29.0. The molecule has 0 spiro atoms. The Morgan fingerprint density at radius 2 is 1.88 bits per heavy atom. The number of anilines is 1. The first-order valence-electron chi connectivity index (χ1n) is 8.13. The van der Waals surface area contributed by atoms with Gasteiger partial charge in [-0.1, -0.05) is 23.4 Å². The fourth-order valence-electron chi connectivity index (χ4n) is 2.33. The average Bonchev–Trinajstić information content (AvgIpc) is 2.53. The Hall–Kier alpha value is -2.05. The molecule has 0 aliphatic heterocycles. The number of nitrogens with one attached hydrogen (secondary N) is 1. The van der Waals surface area contributed by atoms with Crippen molar-refractivity contribution in [2.45, 2.75) is 38.8 Å². The van der Waals surface area contributed by atoms with E-state index in [0.717, 1.165) is 11.3 Å². The maximum absolute atomic E-state index is 12.8. The molecule has 0 atom stereocenters. The first-order valence-corrected chi connectivity index (χ1v) is 9.50. The molecule has 26 heavy (non-hydrogen) atoms. The van der Waals surface area contributed by atoms with E-state index in [1.165, 1.54) is 11.8 Å². The lowest BCUT2D eigenvalue weighted by molar-refractivity contribution is -0.144. The summed E-state index contributed by atoms with van der Waals surface area (Å²) in [6, 6.07) is 8.70. The molecule has 138 valence electrons. The van der Waals surface area contributed by atoms with Crippen LogP contribution in [0, 0.1) is 13.8 Å². The second kappa shape index (κ2) is 9.05. The Kier molecular flexibility index (Phi) is 7.06. The van der Waals surface area contributed by atoms with Gasteiger partial charge in [0.05, 0.1) is 17.4 Å². The van der Waals surface area contributed by atoms with Gasteiger partial charge >= 0.3 is 5.97 Å².